The van der Waals surface area contributed by atoms with Crippen LogP contribution in [0, 0.1) is 13.8 Å². The second-order valence-electron chi connectivity index (χ2n) is 6.21. The average Bonchev–Trinajstić information content (AvgIpc) is 2.65. The molecule has 150 valence electrons. The maximum absolute atomic E-state index is 12.8. The highest BCUT2D eigenvalue weighted by atomic mass is 19.4. The van der Waals surface area contributed by atoms with Gasteiger partial charge < -0.3 is 4.74 Å². The summed E-state index contributed by atoms with van der Waals surface area (Å²) >= 11 is 0. The molecule has 0 bridgehead atoms. The van der Waals surface area contributed by atoms with Crippen molar-refractivity contribution in [2.45, 2.75) is 20.0 Å². The molecule has 3 rings (SSSR count). The lowest BCUT2D eigenvalue weighted by Gasteiger charge is -2.11. The zero-order chi connectivity index (χ0) is 21.0. The summed E-state index contributed by atoms with van der Waals surface area (Å²) in [4.78, 5) is 20.6. The van der Waals surface area contributed by atoms with Gasteiger partial charge in [-0.2, -0.15) is 13.2 Å². The highest BCUT2D eigenvalue weighted by Crippen LogP contribution is 2.32. The first-order valence-corrected chi connectivity index (χ1v) is 8.54. The van der Waals surface area contributed by atoms with Crippen molar-refractivity contribution in [3.8, 4) is 11.5 Å². The maximum atomic E-state index is 12.8. The second kappa shape index (κ2) is 8.17. The van der Waals surface area contributed by atoms with Crippen molar-refractivity contribution in [2.75, 3.05) is 5.43 Å². The molecule has 0 radical (unpaired) electrons. The Morgan fingerprint density at radius 1 is 0.931 bits per heavy atom. The number of hydrogen-bond acceptors (Lipinski definition) is 5. The third-order valence-electron chi connectivity index (χ3n) is 3.76. The van der Waals surface area contributed by atoms with E-state index in [4.69, 9.17) is 4.74 Å². The highest BCUT2D eigenvalue weighted by Gasteiger charge is 2.30. The number of aromatic nitrogens is 2. The lowest BCUT2D eigenvalue weighted by atomic mass is 10.2. The summed E-state index contributed by atoms with van der Waals surface area (Å²) in [7, 11) is 0. The van der Waals surface area contributed by atoms with Crippen LogP contribution in [0.5, 0.6) is 11.5 Å². The van der Waals surface area contributed by atoms with Gasteiger partial charge in [0.1, 0.15) is 11.5 Å². The Labute approximate surface area is 164 Å². The van der Waals surface area contributed by atoms with Crippen molar-refractivity contribution in [3.05, 3.63) is 77.1 Å². The molecular formula is C20H17F3N4O2. The van der Waals surface area contributed by atoms with Crippen LogP contribution in [-0.2, 0) is 6.18 Å². The number of alkyl halides is 3. The van der Waals surface area contributed by atoms with E-state index in [-0.39, 0.29) is 23.0 Å². The summed E-state index contributed by atoms with van der Waals surface area (Å²) in [6.07, 6.45) is -4.47. The number of aryl methyl sites for hydroxylation is 2. The largest absolute Gasteiger partial charge is 0.457 e. The number of halogens is 3. The molecule has 0 saturated heterocycles. The number of benzene rings is 2. The van der Waals surface area contributed by atoms with E-state index in [9.17, 15) is 18.0 Å². The number of anilines is 1. The van der Waals surface area contributed by atoms with Crippen LogP contribution in [0.15, 0.2) is 54.6 Å². The molecule has 0 aliphatic carbocycles. The molecule has 1 heterocycles. The van der Waals surface area contributed by atoms with Crippen molar-refractivity contribution in [2.24, 2.45) is 0 Å². The van der Waals surface area contributed by atoms with Gasteiger partial charge in [-0.15, -0.1) is 0 Å². The van der Waals surface area contributed by atoms with Gasteiger partial charge in [-0.3, -0.25) is 15.6 Å². The minimum absolute atomic E-state index is 0.0131. The number of nitrogens with zero attached hydrogens (tertiary/aromatic N) is 2. The standard InChI is InChI=1S/C20H17F3N4O2/c1-12-9-13(2)25-19(24-12)27-26-18(28)14-5-3-7-16(10-14)29-17-8-4-6-15(11-17)20(21,22)23/h3-11H,1-2H3,(H,26,28)(H,24,25,27). The molecule has 1 amide bonds. The Morgan fingerprint density at radius 3 is 2.21 bits per heavy atom. The first-order valence-electron chi connectivity index (χ1n) is 8.54. The molecule has 0 unspecified atom stereocenters. The average molecular weight is 402 g/mol. The Kier molecular flexibility index (Phi) is 5.67. The van der Waals surface area contributed by atoms with Gasteiger partial charge in [0.05, 0.1) is 5.56 Å². The van der Waals surface area contributed by atoms with E-state index in [2.05, 4.69) is 20.8 Å². The molecule has 1 aromatic heterocycles. The van der Waals surface area contributed by atoms with Crippen LogP contribution in [-0.4, -0.2) is 15.9 Å². The fourth-order valence-corrected chi connectivity index (χ4v) is 2.54. The molecule has 0 spiro atoms. The number of nitrogens with one attached hydrogen (secondary N) is 2. The van der Waals surface area contributed by atoms with Crippen LogP contribution in [0.4, 0.5) is 19.1 Å². The topological polar surface area (TPSA) is 76.1 Å². The Bertz CT molecular complexity index is 1020. The molecule has 2 N–H and O–H groups in total. The zero-order valence-corrected chi connectivity index (χ0v) is 15.5. The van der Waals surface area contributed by atoms with Gasteiger partial charge in [0.15, 0.2) is 0 Å². The summed E-state index contributed by atoms with van der Waals surface area (Å²) in [5.74, 6) is -0.00626. The van der Waals surface area contributed by atoms with E-state index in [1.807, 2.05) is 0 Å². The summed E-state index contributed by atoms with van der Waals surface area (Å²) in [6.45, 7) is 3.60. The number of carbonyl (C=O) groups excluding carboxylic acids is 1. The van der Waals surface area contributed by atoms with Crippen molar-refractivity contribution in [3.63, 3.8) is 0 Å². The van der Waals surface area contributed by atoms with Crippen molar-refractivity contribution < 1.29 is 22.7 Å². The quantitative estimate of drug-likeness (QED) is 0.607. The molecular weight excluding hydrogens is 385 g/mol. The van der Waals surface area contributed by atoms with Gasteiger partial charge in [-0.05, 0) is 56.3 Å². The smallest absolute Gasteiger partial charge is 0.416 e. The van der Waals surface area contributed by atoms with Crippen LogP contribution < -0.4 is 15.6 Å². The van der Waals surface area contributed by atoms with E-state index in [0.717, 1.165) is 23.5 Å². The number of amides is 1. The Morgan fingerprint density at radius 2 is 1.55 bits per heavy atom. The summed E-state index contributed by atoms with van der Waals surface area (Å²) < 4.78 is 44.0. The van der Waals surface area contributed by atoms with Gasteiger partial charge in [0.2, 0.25) is 5.95 Å². The van der Waals surface area contributed by atoms with Crippen LogP contribution in [0.3, 0.4) is 0 Å². The molecule has 0 aliphatic heterocycles. The molecule has 0 atom stereocenters. The minimum atomic E-state index is -4.47. The van der Waals surface area contributed by atoms with Gasteiger partial charge in [-0.1, -0.05) is 12.1 Å². The van der Waals surface area contributed by atoms with Crippen LogP contribution >= 0.6 is 0 Å². The number of hydrazine groups is 1. The third kappa shape index (κ3) is 5.44. The van der Waals surface area contributed by atoms with Gasteiger partial charge in [-0.25, -0.2) is 9.97 Å². The maximum Gasteiger partial charge on any atom is 0.416 e. The SMILES string of the molecule is Cc1cc(C)nc(NNC(=O)c2cccc(Oc3cccc(C(F)(F)F)c3)c2)n1. The van der Waals surface area contributed by atoms with Gasteiger partial charge >= 0.3 is 6.18 Å². The number of hydrogen-bond donors (Lipinski definition) is 2. The lowest BCUT2D eigenvalue weighted by molar-refractivity contribution is -0.137. The molecule has 29 heavy (non-hydrogen) atoms. The van der Waals surface area contributed by atoms with E-state index in [0.29, 0.717) is 0 Å². The predicted octanol–water partition coefficient (Wildman–Crippen LogP) is 4.66. The summed E-state index contributed by atoms with van der Waals surface area (Å²) in [6, 6.07) is 12.4. The van der Waals surface area contributed by atoms with Crippen LogP contribution in [0.1, 0.15) is 27.3 Å². The van der Waals surface area contributed by atoms with E-state index in [1.165, 1.54) is 24.3 Å². The van der Waals surface area contributed by atoms with Gasteiger partial charge in [0.25, 0.3) is 5.91 Å². The number of ether oxygens (including phenoxy) is 1. The van der Waals surface area contributed by atoms with Crippen molar-refractivity contribution in [1.29, 1.82) is 0 Å². The molecule has 0 aliphatic rings. The minimum Gasteiger partial charge on any atom is -0.457 e. The second-order valence-corrected chi connectivity index (χ2v) is 6.21. The zero-order valence-electron chi connectivity index (χ0n) is 15.5. The Hall–Kier alpha value is -3.62. The Balaban J connectivity index is 1.70. The molecule has 0 fully saturated rings. The van der Waals surface area contributed by atoms with E-state index >= 15 is 0 Å². The number of rotatable bonds is 5. The summed E-state index contributed by atoms with van der Waals surface area (Å²) in [5, 5.41) is 0. The van der Waals surface area contributed by atoms with E-state index < -0.39 is 17.6 Å². The van der Waals surface area contributed by atoms with Gasteiger partial charge in [0, 0.05) is 17.0 Å². The molecule has 6 nitrogen and oxygen atoms in total. The normalized spacial score (nSPS) is 11.1. The van der Waals surface area contributed by atoms with E-state index in [1.54, 1.807) is 32.0 Å². The predicted molar refractivity (Wildman–Crippen MR) is 101 cm³/mol. The van der Waals surface area contributed by atoms with Crippen molar-refractivity contribution >= 4 is 11.9 Å². The monoisotopic (exact) mass is 402 g/mol. The fourth-order valence-electron chi connectivity index (χ4n) is 2.54. The lowest BCUT2D eigenvalue weighted by Crippen LogP contribution is -2.30. The molecule has 9 heteroatoms. The van der Waals surface area contributed by atoms with Crippen molar-refractivity contribution in [1.82, 2.24) is 15.4 Å². The molecule has 0 saturated carbocycles. The highest BCUT2D eigenvalue weighted by molar-refractivity contribution is 5.95. The fraction of sp³-hybridized carbons (Fsp3) is 0.150. The number of carbonyl (C=O) groups is 1. The first-order chi connectivity index (χ1) is 13.7. The molecule has 2 aromatic carbocycles. The van der Waals surface area contributed by atoms with Crippen LogP contribution in [0.25, 0.3) is 0 Å². The van der Waals surface area contributed by atoms with Crippen LogP contribution in [0.2, 0.25) is 0 Å². The summed E-state index contributed by atoms with van der Waals surface area (Å²) in [5.41, 5.74) is 6.01. The first kappa shape index (κ1) is 20.1. The third-order valence-corrected chi connectivity index (χ3v) is 3.76. The molecule has 3 aromatic rings.